The number of rotatable bonds is 5. The lowest BCUT2D eigenvalue weighted by Crippen LogP contribution is -2.79. The summed E-state index contributed by atoms with van der Waals surface area (Å²) in [5.41, 5.74) is 29.2. The Morgan fingerprint density at radius 3 is 2.62 bits per heavy atom. The molecule has 12 nitrogen and oxygen atoms in total. The van der Waals surface area contributed by atoms with Crippen molar-refractivity contribution in [2.75, 3.05) is 18.8 Å². The van der Waals surface area contributed by atoms with Crippen molar-refractivity contribution in [3.8, 4) is 0 Å². The molecule has 1 aromatic rings. The van der Waals surface area contributed by atoms with Gasteiger partial charge in [-0.25, -0.2) is 9.98 Å². The average Bonchev–Trinajstić information content (AvgIpc) is 3.20. The molecule has 0 radical (unpaired) electrons. The number of imidazole rings is 1. The van der Waals surface area contributed by atoms with Crippen molar-refractivity contribution in [3.63, 3.8) is 0 Å². The second kappa shape index (κ2) is 6.14. The van der Waals surface area contributed by atoms with Gasteiger partial charge in [0.15, 0.2) is 17.9 Å². The summed E-state index contributed by atoms with van der Waals surface area (Å²) < 4.78 is 0. The molecule has 3 heterocycles. The zero-order valence-electron chi connectivity index (χ0n) is 13.0. The highest BCUT2D eigenvalue weighted by atomic mass is 15.3. The maximum atomic E-state index is 5.91. The van der Waals surface area contributed by atoms with Crippen LogP contribution in [0.25, 0.3) is 0 Å². The second-order valence-corrected chi connectivity index (χ2v) is 5.82. The van der Waals surface area contributed by atoms with Crippen LogP contribution in [0.2, 0.25) is 0 Å². The second-order valence-electron chi connectivity index (χ2n) is 5.82. The van der Waals surface area contributed by atoms with E-state index in [1.54, 1.807) is 6.20 Å². The number of aliphatic imine (C=N–C) groups is 2. The van der Waals surface area contributed by atoms with Gasteiger partial charge in [-0.15, -0.1) is 0 Å². The number of anilines is 1. The summed E-state index contributed by atoms with van der Waals surface area (Å²) in [6.45, 7) is 0.978. The standard InChI is InChI=1S/C12H22N12/c13-9(14)18-1-4(5-2-19-10(15)21-5)7-8(24-12(17)23-7)6-3-20-11(16)22-6/h2,4,6-8H,1,3H2,(H4,13,14,18)(H3,15,19,21)(H3,16,20,22)(H3,17,23,24)/p+1. The number of hydrogen-bond acceptors (Lipinski definition) is 8. The summed E-state index contributed by atoms with van der Waals surface area (Å²) in [5, 5.41) is 6.32. The minimum atomic E-state index is -0.213. The molecule has 130 valence electrons. The molecule has 2 aliphatic heterocycles. The highest BCUT2D eigenvalue weighted by molar-refractivity contribution is 5.82. The molecule has 12 heteroatoms. The molecule has 0 bridgehead atoms. The molecule has 1 aromatic heterocycles. The molecule has 3 rings (SSSR count). The summed E-state index contributed by atoms with van der Waals surface area (Å²) in [4.78, 5) is 18.7. The molecule has 4 atom stereocenters. The van der Waals surface area contributed by atoms with E-state index in [-0.39, 0.29) is 30.0 Å². The van der Waals surface area contributed by atoms with Gasteiger partial charge >= 0.3 is 5.96 Å². The van der Waals surface area contributed by atoms with E-state index in [1.807, 2.05) is 0 Å². The average molecular weight is 335 g/mol. The first kappa shape index (κ1) is 15.7. The third kappa shape index (κ3) is 3.11. The Labute approximate surface area is 138 Å². The first-order valence-electron chi connectivity index (χ1n) is 7.52. The van der Waals surface area contributed by atoms with Crippen LogP contribution in [0.4, 0.5) is 5.95 Å². The Morgan fingerprint density at radius 2 is 2.04 bits per heavy atom. The lowest BCUT2D eigenvalue weighted by atomic mass is 9.88. The molecule has 0 saturated carbocycles. The van der Waals surface area contributed by atoms with Gasteiger partial charge in [-0.2, -0.15) is 0 Å². The van der Waals surface area contributed by atoms with Crippen molar-refractivity contribution < 1.29 is 4.99 Å². The van der Waals surface area contributed by atoms with Crippen LogP contribution in [0, 0.1) is 0 Å². The SMILES string of the molecule is NC1=NCC(C2NC(N)=NC2C(C[NH+]=C(N)N)c2cnc(N)[nH]2)N1. The molecule has 2 aliphatic rings. The predicted octanol–water partition coefficient (Wildman–Crippen LogP) is -5.63. The number of aromatic amines is 1. The zero-order chi connectivity index (χ0) is 17.3. The molecule has 0 fully saturated rings. The largest absolute Gasteiger partial charge is 0.370 e. The van der Waals surface area contributed by atoms with Crippen LogP contribution >= 0.6 is 0 Å². The maximum absolute atomic E-state index is 5.91. The van der Waals surface area contributed by atoms with Crippen molar-refractivity contribution in [1.82, 2.24) is 20.6 Å². The van der Waals surface area contributed by atoms with Gasteiger partial charge in [0.1, 0.15) is 0 Å². The van der Waals surface area contributed by atoms with Gasteiger partial charge in [0, 0.05) is 5.69 Å². The van der Waals surface area contributed by atoms with Crippen molar-refractivity contribution in [2.45, 2.75) is 24.0 Å². The molecule has 24 heavy (non-hydrogen) atoms. The topological polar surface area (TPSA) is 222 Å². The van der Waals surface area contributed by atoms with Crippen LogP contribution in [0.5, 0.6) is 0 Å². The van der Waals surface area contributed by atoms with E-state index in [9.17, 15) is 0 Å². The van der Waals surface area contributed by atoms with Gasteiger partial charge in [-0.05, 0) is 0 Å². The Morgan fingerprint density at radius 1 is 1.25 bits per heavy atom. The van der Waals surface area contributed by atoms with Gasteiger partial charge in [0.05, 0.1) is 43.3 Å². The third-order valence-corrected chi connectivity index (χ3v) is 4.15. The molecule has 0 aromatic carbocycles. The summed E-state index contributed by atoms with van der Waals surface area (Å²) in [7, 11) is 0. The van der Waals surface area contributed by atoms with Gasteiger partial charge in [0.2, 0.25) is 0 Å². The van der Waals surface area contributed by atoms with Crippen molar-refractivity contribution >= 4 is 23.8 Å². The number of nitrogens with one attached hydrogen (secondary N) is 4. The Hall–Kier alpha value is -3.18. The quantitative estimate of drug-likeness (QED) is 0.186. The van der Waals surface area contributed by atoms with E-state index < -0.39 is 0 Å². The highest BCUT2D eigenvalue weighted by Gasteiger charge is 2.42. The lowest BCUT2D eigenvalue weighted by molar-refractivity contribution is -0.463. The van der Waals surface area contributed by atoms with Crippen LogP contribution in [-0.2, 0) is 0 Å². The number of aromatic nitrogens is 2. The molecule has 0 amide bonds. The smallest absolute Gasteiger partial charge is 0.338 e. The van der Waals surface area contributed by atoms with Gasteiger partial charge in [-0.1, -0.05) is 0 Å². The number of nitrogens with two attached hydrogens (primary N) is 5. The summed E-state index contributed by atoms with van der Waals surface area (Å²) >= 11 is 0. The van der Waals surface area contributed by atoms with E-state index in [4.69, 9.17) is 28.7 Å². The van der Waals surface area contributed by atoms with E-state index in [0.29, 0.717) is 31.0 Å². The molecule has 4 unspecified atom stereocenters. The van der Waals surface area contributed by atoms with Crippen LogP contribution in [0.3, 0.4) is 0 Å². The van der Waals surface area contributed by atoms with E-state index >= 15 is 0 Å². The molecular formula is C12H23N12+. The van der Waals surface area contributed by atoms with Gasteiger partial charge < -0.3 is 32.8 Å². The molecular weight excluding hydrogens is 312 g/mol. The predicted molar refractivity (Wildman–Crippen MR) is 90.7 cm³/mol. The van der Waals surface area contributed by atoms with Crippen molar-refractivity contribution in [1.29, 1.82) is 0 Å². The first-order chi connectivity index (χ1) is 11.4. The van der Waals surface area contributed by atoms with Crippen LogP contribution in [0.15, 0.2) is 16.2 Å². The number of H-pyrrole nitrogens is 1. The van der Waals surface area contributed by atoms with E-state index in [2.05, 4.69) is 35.6 Å². The minimum Gasteiger partial charge on any atom is -0.370 e. The molecule has 0 spiro atoms. The Kier molecular flexibility index (Phi) is 4.02. The summed E-state index contributed by atoms with van der Waals surface area (Å²) in [6.07, 6.45) is 1.67. The monoisotopic (exact) mass is 335 g/mol. The van der Waals surface area contributed by atoms with E-state index in [0.717, 1.165) is 5.69 Å². The lowest BCUT2D eigenvalue weighted by Gasteiger charge is -2.28. The highest BCUT2D eigenvalue weighted by Crippen LogP contribution is 2.27. The number of nitrogen functional groups attached to an aromatic ring is 1. The number of guanidine groups is 3. The number of hydrogen-bond donors (Lipinski definition) is 9. The Balaban J connectivity index is 1.87. The summed E-state index contributed by atoms with van der Waals surface area (Å²) in [6, 6.07) is -0.345. The zero-order valence-corrected chi connectivity index (χ0v) is 13.0. The van der Waals surface area contributed by atoms with Crippen molar-refractivity contribution in [3.05, 3.63) is 11.9 Å². The normalized spacial score (nSPS) is 26.9. The fourth-order valence-electron chi connectivity index (χ4n) is 3.08. The molecule has 0 saturated heterocycles. The van der Waals surface area contributed by atoms with Crippen LogP contribution in [-0.4, -0.2) is 59.1 Å². The van der Waals surface area contributed by atoms with Crippen LogP contribution < -0.4 is 44.3 Å². The van der Waals surface area contributed by atoms with Crippen LogP contribution in [0.1, 0.15) is 11.6 Å². The van der Waals surface area contributed by atoms with Gasteiger partial charge in [-0.3, -0.25) is 21.5 Å². The van der Waals surface area contributed by atoms with Gasteiger partial charge in [0.25, 0.3) is 0 Å². The first-order valence-corrected chi connectivity index (χ1v) is 7.52. The van der Waals surface area contributed by atoms with Crippen molar-refractivity contribution in [2.24, 2.45) is 32.9 Å². The molecule has 14 N–H and O–H groups in total. The number of nitrogens with zero attached hydrogens (tertiary/aromatic N) is 3. The summed E-state index contributed by atoms with van der Waals surface area (Å²) in [5.74, 6) is 1.08. The van der Waals surface area contributed by atoms with E-state index in [1.165, 1.54) is 0 Å². The maximum Gasteiger partial charge on any atom is 0.338 e. The molecule has 0 aliphatic carbocycles. The fourth-order valence-corrected chi connectivity index (χ4v) is 3.08. The Bertz CT molecular complexity index is 684. The third-order valence-electron chi connectivity index (χ3n) is 4.15. The fraction of sp³-hybridized carbons (Fsp3) is 0.500. The minimum absolute atomic E-state index is 0.0261.